The lowest BCUT2D eigenvalue weighted by Crippen LogP contribution is -2.45. The van der Waals surface area contributed by atoms with Crippen LogP contribution in [0.2, 0.25) is 0 Å². The number of hydrogen-bond donors (Lipinski definition) is 1. The maximum absolute atomic E-state index is 14.4. The average molecular weight is 534 g/mol. The standard InChI is InChI=1S/C31H40FN5O2/c1-20(35(4)22(3)38)17-30(39)34-28(23-9-6-5-7-10-23)15-16-36-24-13-14-25(36)19-26(18-24)37-21(2)33-31-27(32)11-8-12-29(31)37/h5-12,20,24-26,28H,13-19H2,1-4H3,(H,34,39)/t20?,24?,25?,26?,28-/m0/s1. The number of para-hydroxylation sites is 1. The van der Waals surface area contributed by atoms with Crippen LogP contribution in [0.3, 0.4) is 0 Å². The quantitative estimate of drug-likeness (QED) is 0.413. The summed E-state index contributed by atoms with van der Waals surface area (Å²) >= 11 is 0. The van der Waals surface area contributed by atoms with E-state index >= 15 is 0 Å². The van der Waals surface area contributed by atoms with E-state index < -0.39 is 0 Å². The molecule has 5 rings (SSSR count). The molecule has 7 nitrogen and oxygen atoms in total. The summed E-state index contributed by atoms with van der Waals surface area (Å²) in [5.74, 6) is 0.536. The predicted octanol–water partition coefficient (Wildman–Crippen LogP) is 5.16. The van der Waals surface area contributed by atoms with Gasteiger partial charge in [0, 0.05) is 51.1 Å². The molecule has 1 N–H and O–H groups in total. The molecule has 2 aliphatic rings. The molecule has 0 aliphatic carbocycles. The van der Waals surface area contributed by atoms with Gasteiger partial charge in [0.15, 0.2) is 5.82 Å². The van der Waals surface area contributed by atoms with E-state index in [0.29, 0.717) is 23.6 Å². The Balaban J connectivity index is 1.26. The number of carbonyl (C=O) groups excluding carboxylic acids is 2. The van der Waals surface area contributed by atoms with Crippen molar-refractivity contribution in [3.63, 3.8) is 0 Å². The maximum Gasteiger partial charge on any atom is 0.222 e. The zero-order chi connectivity index (χ0) is 27.7. The third-order valence-corrected chi connectivity index (χ3v) is 8.92. The zero-order valence-electron chi connectivity index (χ0n) is 23.4. The van der Waals surface area contributed by atoms with Crippen LogP contribution in [-0.2, 0) is 9.59 Å². The third kappa shape index (κ3) is 5.71. The van der Waals surface area contributed by atoms with E-state index in [1.807, 2.05) is 38.1 Å². The van der Waals surface area contributed by atoms with Crippen LogP contribution in [0.1, 0.15) is 75.8 Å². The number of fused-ring (bicyclic) bond motifs is 3. The van der Waals surface area contributed by atoms with E-state index in [-0.39, 0.29) is 36.1 Å². The van der Waals surface area contributed by atoms with E-state index in [1.54, 1.807) is 18.0 Å². The molecule has 2 saturated heterocycles. The highest BCUT2D eigenvalue weighted by Crippen LogP contribution is 2.42. The fraction of sp³-hybridized carbons (Fsp3) is 0.516. The number of aryl methyl sites for hydroxylation is 1. The highest BCUT2D eigenvalue weighted by Gasteiger charge is 2.42. The molecule has 0 saturated carbocycles. The number of benzene rings is 2. The molecule has 0 spiro atoms. The lowest BCUT2D eigenvalue weighted by atomic mass is 9.95. The zero-order valence-corrected chi connectivity index (χ0v) is 23.4. The van der Waals surface area contributed by atoms with Crippen molar-refractivity contribution in [3.05, 3.63) is 65.7 Å². The van der Waals surface area contributed by atoms with E-state index in [1.165, 1.54) is 25.8 Å². The highest BCUT2D eigenvalue weighted by molar-refractivity contribution is 5.79. The Morgan fingerprint density at radius 1 is 1.08 bits per heavy atom. The molecule has 0 radical (unpaired) electrons. The summed E-state index contributed by atoms with van der Waals surface area (Å²) in [7, 11) is 1.74. The number of aromatic nitrogens is 2. The molecule has 2 bridgehead atoms. The first kappa shape index (κ1) is 27.3. The van der Waals surface area contributed by atoms with Crippen molar-refractivity contribution in [1.29, 1.82) is 0 Å². The van der Waals surface area contributed by atoms with Crippen LogP contribution in [0.15, 0.2) is 48.5 Å². The number of amides is 2. The molecule has 39 heavy (non-hydrogen) atoms. The molecule has 2 fully saturated rings. The summed E-state index contributed by atoms with van der Waals surface area (Å²) in [6.45, 7) is 6.31. The van der Waals surface area contributed by atoms with Crippen LogP contribution in [0.4, 0.5) is 4.39 Å². The average Bonchev–Trinajstić information content (AvgIpc) is 3.38. The number of nitrogens with one attached hydrogen (secondary N) is 1. The van der Waals surface area contributed by atoms with Crippen molar-refractivity contribution < 1.29 is 14.0 Å². The molecule has 2 aromatic carbocycles. The Bertz CT molecular complexity index is 1310. The molecule has 3 aromatic rings. The van der Waals surface area contributed by atoms with Gasteiger partial charge in [-0.15, -0.1) is 0 Å². The molecular formula is C31H40FN5O2. The predicted molar refractivity (Wildman–Crippen MR) is 151 cm³/mol. The molecule has 208 valence electrons. The fourth-order valence-corrected chi connectivity index (χ4v) is 6.74. The Hall–Kier alpha value is -3.26. The largest absolute Gasteiger partial charge is 0.349 e. The van der Waals surface area contributed by atoms with E-state index in [0.717, 1.165) is 42.7 Å². The van der Waals surface area contributed by atoms with Crippen LogP contribution in [0.5, 0.6) is 0 Å². The van der Waals surface area contributed by atoms with Gasteiger partial charge in [-0.1, -0.05) is 36.4 Å². The van der Waals surface area contributed by atoms with Crippen LogP contribution in [0, 0.1) is 12.7 Å². The second kappa shape index (κ2) is 11.5. The lowest BCUT2D eigenvalue weighted by Gasteiger charge is -2.40. The minimum absolute atomic E-state index is 0.0409. The molecule has 1 aromatic heterocycles. The minimum Gasteiger partial charge on any atom is -0.349 e. The number of nitrogens with zero attached hydrogens (tertiary/aromatic N) is 4. The van der Waals surface area contributed by atoms with Crippen LogP contribution >= 0.6 is 0 Å². The molecular weight excluding hydrogens is 493 g/mol. The number of halogens is 1. The summed E-state index contributed by atoms with van der Waals surface area (Å²) in [6.07, 6.45) is 5.47. The van der Waals surface area contributed by atoms with Gasteiger partial charge in [0.25, 0.3) is 0 Å². The number of hydrogen-bond acceptors (Lipinski definition) is 4. The normalized spacial score (nSPS) is 22.5. The molecule has 2 aliphatic heterocycles. The van der Waals surface area contributed by atoms with Gasteiger partial charge < -0.3 is 14.8 Å². The summed E-state index contributed by atoms with van der Waals surface area (Å²) in [5, 5.41) is 3.26. The molecule has 8 heteroatoms. The molecule has 3 unspecified atom stereocenters. The van der Waals surface area contributed by atoms with Gasteiger partial charge >= 0.3 is 0 Å². The lowest BCUT2D eigenvalue weighted by molar-refractivity contribution is -0.130. The second-order valence-corrected chi connectivity index (χ2v) is 11.4. The van der Waals surface area contributed by atoms with Crippen molar-refractivity contribution in [2.75, 3.05) is 13.6 Å². The van der Waals surface area contributed by atoms with E-state index in [9.17, 15) is 14.0 Å². The van der Waals surface area contributed by atoms with Gasteiger partial charge in [-0.05, 0) is 63.6 Å². The first-order valence-electron chi connectivity index (χ1n) is 14.2. The Morgan fingerprint density at radius 3 is 2.44 bits per heavy atom. The van der Waals surface area contributed by atoms with Crippen molar-refractivity contribution in [1.82, 2.24) is 24.7 Å². The minimum atomic E-state index is -0.258. The monoisotopic (exact) mass is 533 g/mol. The summed E-state index contributed by atoms with van der Waals surface area (Å²) in [6, 6.07) is 16.4. The number of carbonyl (C=O) groups is 2. The van der Waals surface area contributed by atoms with E-state index in [4.69, 9.17) is 0 Å². The van der Waals surface area contributed by atoms with Crippen LogP contribution in [0.25, 0.3) is 11.0 Å². The summed E-state index contributed by atoms with van der Waals surface area (Å²) < 4.78 is 16.7. The van der Waals surface area contributed by atoms with Gasteiger partial charge in [-0.3, -0.25) is 14.5 Å². The van der Waals surface area contributed by atoms with Gasteiger partial charge in [0.1, 0.15) is 11.3 Å². The van der Waals surface area contributed by atoms with Crippen molar-refractivity contribution in [2.24, 2.45) is 0 Å². The molecule has 4 atom stereocenters. The van der Waals surface area contributed by atoms with Crippen LogP contribution in [-0.4, -0.2) is 62.9 Å². The maximum atomic E-state index is 14.4. The van der Waals surface area contributed by atoms with Gasteiger partial charge in [0.2, 0.25) is 11.8 Å². The Morgan fingerprint density at radius 2 is 1.77 bits per heavy atom. The van der Waals surface area contributed by atoms with Crippen LogP contribution < -0.4 is 5.32 Å². The first-order valence-corrected chi connectivity index (χ1v) is 14.2. The Kier molecular flexibility index (Phi) is 8.03. The second-order valence-electron chi connectivity index (χ2n) is 11.4. The highest BCUT2D eigenvalue weighted by atomic mass is 19.1. The molecule has 3 heterocycles. The summed E-state index contributed by atoms with van der Waals surface area (Å²) in [4.78, 5) is 33.5. The van der Waals surface area contributed by atoms with Crippen molar-refractivity contribution in [3.8, 4) is 0 Å². The number of imidazole rings is 1. The topological polar surface area (TPSA) is 70.5 Å². The fourth-order valence-electron chi connectivity index (χ4n) is 6.74. The third-order valence-electron chi connectivity index (χ3n) is 8.92. The van der Waals surface area contributed by atoms with Gasteiger partial charge in [-0.2, -0.15) is 0 Å². The Labute approximate surface area is 230 Å². The number of rotatable bonds is 9. The van der Waals surface area contributed by atoms with Gasteiger partial charge in [0.05, 0.1) is 11.6 Å². The van der Waals surface area contributed by atoms with Crippen molar-refractivity contribution >= 4 is 22.8 Å². The van der Waals surface area contributed by atoms with Crippen molar-refractivity contribution in [2.45, 2.75) is 89.5 Å². The van der Waals surface area contributed by atoms with Gasteiger partial charge in [-0.25, -0.2) is 9.37 Å². The number of piperidine rings is 1. The SMILES string of the molecule is CC(=O)N(C)C(C)CC(=O)N[C@@H](CCN1C2CCC1CC(n1c(C)nc3c(F)cccc31)C2)c1ccccc1. The molecule has 2 amide bonds. The first-order chi connectivity index (χ1) is 18.7. The smallest absolute Gasteiger partial charge is 0.222 e. The van der Waals surface area contributed by atoms with E-state index in [2.05, 4.69) is 31.9 Å². The summed E-state index contributed by atoms with van der Waals surface area (Å²) in [5.41, 5.74) is 2.46.